The van der Waals surface area contributed by atoms with Crippen LogP contribution in [0.1, 0.15) is 45.1 Å². The van der Waals surface area contributed by atoms with Crippen LogP contribution >= 0.6 is 22.7 Å². The van der Waals surface area contributed by atoms with E-state index in [4.69, 9.17) is 0 Å². The van der Waals surface area contributed by atoms with Crippen molar-refractivity contribution in [3.8, 4) is 10.6 Å². The fourth-order valence-corrected chi connectivity index (χ4v) is 5.09. The van der Waals surface area contributed by atoms with Crippen LogP contribution in [0.4, 0.5) is 0 Å². The Bertz CT molecular complexity index is 923. The number of hydrogen-bond donors (Lipinski definition) is 1. The van der Waals surface area contributed by atoms with Crippen LogP contribution in [-0.4, -0.2) is 28.9 Å². The Kier molecular flexibility index (Phi) is 6.20. The number of hydrogen-bond acceptors (Lipinski definition) is 5. The minimum Gasteiger partial charge on any atom is -0.347 e. The van der Waals surface area contributed by atoms with E-state index in [9.17, 15) is 4.79 Å². The van der Waals surface area contributed by atoms with Gasteiger partial charge in [-0.2, -0.15) is 0 Å². The lowest BCUT2D eigenvalue weighted by Gasteiger charge is -2.26. The number of piperidine rings is 1. The van der Waals surface area contributed by atoms with Crippen molar-refractivity contribution in [3.05, 3.63) is 62.8 Å². The maximum atomic E-state index is 12.5. The Hall–Kier alpha value is -2.02. The summed E-state index contributed by atoms with van der Waals surface area (Å²) in [4.78, 5) is 21.8. The Labute approximate surface area is 174 Å². The molecule has 2 aromatic heterocycles. The normalized spacial score (nSPS) is 14.9. The van der Waals surface area contributed by atoms with Crippen LogP contribution in [-0.2, 0) is 13.1 Å². The van der Waals surface area contributed by atoms with Gasteiger partial charge in [0.25, 0.3) is 5.91 Å². The fraction of sp³-hybridized carbons (Fsp3) is 0.364. The number of nitrogens with one attached hydrogen (secondary N) is 1. The molecule has 0 unspecified atom stereocenters. The molecule has 1 aliphatic heterocycles. The standard InChI is InChI=1S/C22H25N3OS2/c1-16-24-20(15-27-16)21-10-9-19(28-21)13-23-22(26)18-7-5-17(6-8-18)14-25-11-3-2-4-12-25/h5-10,15H,2-4,11-14H2,1H3,(H,23,26). The summed E-state index contributed by atoms with van der Waals surface area (Å²) in [6.07, 6.45) is 3.95. The van der Waals surface area contributed by atoms with Gasteiger partial charge in [-0.05, 0) is 62.7 Å². The third kappa shape index (κ3) is 4.87. The Balaban J connectivity index is 1.30. The van der Waals surface area contributed by atoms with Crippen molar-refractivity contribution >= 4 is 28.6 Å². The molecule has 1 aromatic carbocycles. The summed E-state index contributed by atoms with van der Waals surface area (Å²) in [5, 5.41) is 6.18. The van der Waals surface area contributed by atoms with Crippen molar-refractivity contribution < 1.29 is 4.79 Å². The molecule has 3 aromatic rings. The maximum absolute atomic E-state index is 12.5. The van der Waals surface area contributed by atoms with E-state index in [2.05, 4.69) is 44.8 Å². The van der Waals surface area contributed by atoms with Gasteiger partial charge in [-0.25, -0.2) is 4.98 Å². The minimum atomic E-state index is -0.0241. The molecule has 3 heterocycles. The van der Waals surface area contributed by atoms with Crippen molar-refractivity contribution in [2.24, 2.45) is 0 Å². The van der Waals surface area contributed by atoms with Crippen LogP contribution in [0.2, 0.25) is 0 Å². The summed E-state index contributed by atoms with van der Waals surface area (Å²) in [6, 6.07) is 12.2. The number of thiophene rings is 1. The van der Waals surface area contributed by atoms with Gasteiger partial charge in [0.05, 0.1) is 22.1 Å². The van der Waals surface area contributed by atoms with Gasteiger partial charge in [-0.1, -0.05) is 18.6 Å². The predicted octanol–water partition coefficient (Wildman–Crippen LogP) is 5.10. The first kappa shape index (κ1) is 19.3. The zero-order valence-corrected chi connectivity index (χ0v) is 17.7. The molecule has 4 rings (SSSR count). The summed E-state index contributed by atoms with van der Waals surface area (Å²) in [6.45, 7) is 5.91. The number of amides is 1. The van der Waals surface area contributed by atoms with Crippen molar-refractivity contribution in [1.29, 1.82) is 0 Å². The molecule has 146 valence electrons. The second-order valence-corrected chi connectivity index (χ2v) is 9.46. The summed E-state index contributed by atoms with van der Waals surface area (Å²) in [7, 11) is 0. The van der Waals surface area contributed by atoms with Crippen LogP contribution in [0.3, 0.4) is 0 Å². The first-order valence-corrected chi connectivity index (χ1v) is 11.5. The second-order valence-electron chi connectivity index (χ2n) is 7.23. The molecule has 0 atom stereocenters. The van der Waals surface area contributed by atoms with Crippen molar-refractivity contribution in [1.82, 2.24) is 15.2 Å². The molecule has 28 heavy (non-hydrogen) atoms. The van der Waals surface area contributed by atoms with E-state index in [0.717, 1.165) is 27.0 Å². The van der Waals surface area contributed by atoms with Crippen LogP contribution in [0.5, 0.6) is 0 Å². The molecule has 0 radical (unpaired) electrons. The quantitative estimate of drug-likeness (QED) is 0.614. The van der Waals surface area contributed by atoms with Crippen LogP contribution in [0.25, 0.3) is 10.6 Å². The third-order valence-corrected chi connectivity index (χ3v) is 6.91. The number of likely N-dealkylation sites (tertiary alicyclic amines) is 1. The molecule has 1 N–H and O–H groups in total. The Morgan fingerprint density at radius 3 is 2.61 bits per heavy atom. The molecular formula is C22H25N3OS2. The number of carbonyl (C=O) groups is 1. The molecule has 6 heteroatoms. The molecule has 0 spiro atoms. The van der Waals surface area contributed by atoms with Crippen molar-refractivity contribution in [2.75, 3.05) is 13.1 Å². The molecular weight excluding hydrogens is 386 g/mol. The first-order valence-electron chi connectivity index (χ1n) is 9.78. The Morgan fingerprint density at radius 2 is 1.89 bits per heavy atom. The maximum Gasteiger partial charge on any atom is 0.251 e. The monoisotopic (exact) mass is 411 g/mol. The van der Waals surface area contributed by atoms with Gasteiger partial charge < -0.3 is 5.32 Å². The van der Waals surface area contributed by atoms with E-state index >= 15 is 0 Å². The number of carbonyl (C=O) groups excluding carboxylic acids is 1. The van der Waals surface area contributed by atoms with Gasteiger partial charge in [0.1, 0.15) is 0 Å². The number of nitrogens with zero attached hydrogens (tertiary/aromatic N) is 2. The molecule has 1 amide bonds. The zero-order valence-electron chi connectivity index (χ0n) is 16.1. The lowest BCUT2D eigenvalue weighted by atomic mass is 10.1. The summed E-state index contributed by atoms with van der Waals surface area (Å²) in [5.41, 5.74) is 3.02. The lowest BCUT2D eigenvalue weighted by molar-refractivity contribution is 0.0951. The number of benzene rings is 1. The van der Waals surface area contributed by atoms with Crippen LogP contribution in [0, 0.1) is 6.92 Å². The van der Waals surface area contributed by atoms with Gasteiger partial charge in [-0.3, -0.25) is 9.69 Å². The van der Waals surface area contributed by atoms with Gasteiger partial charge in [-0.15, -0.1) is 22.7 Å². The number of thiazole rings is 1. The van der Waals surface area contributed by atoms with E-state index in [0.29, 0.717) is 12.1 Å². The average molecular weight is 412 g/mol. The summed E-state index contributed by atoms with van der Waals surface area (Å²) >= 11 is 3.34. The molecule has 0 saturated carbocycles. The first-order chi connectivity index (χ1) is 13.7. The van der Waals surface area contributed by atoms with E-state index in [1.54, 1.807) is 22.7 Å². The summed E-state index contributed by atoms with van der Waals surface area (Å²) in [5.74, 6) is -0.0241. The predicted molar refractivity (Wildman–Crippen MR) is 117 cm³/mol. The topological polar surface area (TPSA) is 45.2 Å². The van der Waals surface area contributed by atoms with E-state index in [1.807, 2.05) is 19.1 Å². The SMILES string of the molecule is Cc1nc(-c2ccc(CNC(=O)c3ccc(CN4CCCCC4)cc3)s2)cs1. The fourth-order valence-electron chi connectivity index (χ4n) is 3.49. The van der Waals surface area contributed by atoms with Crippen LogP contribution in [0.15, 0.2) is 41.8 Å². The molecule has 0 bridgehead atoms. The lowest BCUT2D eigenvalue weighted by Crippen LogP contribution is -2.29. The van der Waals surface area contributed by atoms with Crippen LogP contribution < -0.4 is 5.32 Å². The molecule has 0 aliphatic carbocycles. The van der Waals surface area contributed by atoms with Gasteiger partial charge in [0.2, 0.25) is 0 Å². The minimum absolute atomic E-state index is 0.0241. The van der Waals surface area contributed by atoms with E-state index < -0.39 is 0 Å². The van der Waals surface area contributed by atoms with Gasteiger partial charge in [0, 0.05) is 22.4 Å². The average Bonchev–Trinajstić information content (AvgIpc) is 3.36. The number of aromatic nitrogens is 1. The summed E-state index contributed by atoms with van der Waals surface area (Å²) < 4.78 is 0. The zero-order chi connectivity index (χ0) is 19.3. The van der Waals surface area contributed by atoms with Crippen molar-refractivity contribution in [2.45, 2.75) is 39.3 Å². The molecule has 1 fully saturated rings. The second kappa shape index (κ2) is 8.99. The molecule has 4 nitrogen and oxygen atoms in total. The third-order valence-electron chi connectivity index (χ3n) is 5.03. The highest BCUT2D eigenvalue weighted by atomic mass is 32.1. The molecule has 1 saturated heterocycles. The van der Waals surface area contributed by atoms with Gasteiger partial charge in [0.15, 0.2) is 0 Å². The van der Waals surface area contributed by atoms with Crippen molar-refractivity contribution in [3.63, 3.8) is 0 Å². The van der Waals surface area contributed by atoms with Gasteiger partial charge >= 0.3 is 0 Å². The Morgan fingerprint density at radius 1 is 1.11 bits per heavy atom. The number of aryl methyl sites for hydroxylation is 1. The number of rotatable bonds is 6. The largest absolute Gasteiger partial charge is 0.347 e. The highest BCUT2D eigenvalue weighted by Gasteiger charge is 2.12. The highest BCUT2D eigenvalue weighted by molar-refractivity contribution is 7.16. The molecule has 1 aliphatic rings. The van der Waals surface area contributed by atoms with E-state index in [1.165, 1.54) is 37.9 Å². The van der Waals surface area contributed by atoms with E-state index in [-0.39, 0.29) is 5.91 Å². The smallest absolute Gasteiger partial charge is 0.251 e. The highest BCUT2D eigenvalue weighted by Crippen LogP contribution is 2.29.